The third-order valence-corrected chi connectivity index (χ3v) is 4.16. The number of nitrogens with two attached hydrogens (primary N) is 1. The lowest BCUT2D eigenvalue weighted by atomic mass is 9.77. The van der Waals surface area contributed by atoms with Crippen molar-refractivity contribution in [1.82, 2.24) is 0 Å². The first kappa shape index (κ1) is 12.0. The smallest absolute Gasteiger partial charge is 0.109 e. The summed E-state index contributed by atoms with van der Waals surface area (Å²) in [6.45, 7) is 3.13. The van der Waals surface area contributed by atoms with Crippen LogP contribution in [0.2, 0.25) is 0 Å². The molecule has 1 unspecified atom stereocenters. The fourth-order valence-electron chi connectivity index (χ4n) is 3.15. The van der Waals surface area contributed by atoms with E-state index in [2.05, 4.69) is 13.0 Å². The van der Waals surface area contributed by atoms with Gasteiger partial charge in [0.1, 0.15) is 5.76 Å². The van der Waals surface area contributed by atoms with Crippen molar-refractivity contribution in [1.29, 1.82) is 0 Å². The van der Waals surface area contributed by atoms with Gasteiger partial charge in [0.2, 0.25) is 0 Å². The zero-order chi connectivity index (χ0) is 11.4. The zero-order valence-corrected chi connectivity index (χ0v) is 10.5. The Morgan fingerprint density at radius 2 is 2.12 bits per heavy atom. The first-order valence-electron chi connectivity index (χ1n) is 6.89. The molecule has 2 aliphatic rings. The molecule has 2 nitrogen and oxygen atoms in total. The van der Waals surface area contributed by atoms with E-state index in [-0.39, 0.29) is 6.04 Å². The molecule has 2 heteroatoms. The fraction of sp³-hybridized carbons (Fsp3) is 0.857. The minimum atomic E-state index is 0.171. The Kier molecular flexibility index (Phi) is 4.28. The van der Waals surface area contributed by atoms with E-state index in [1.165, 1.54) is 38.5 Å². The molecule has 1 atom stereocenters. The van der Waals surface area contributed by atoms with Crippen molar-refractivity contribution in [3.63, 3.8) is 0 Å². The van der Waals surface area contributed by atoms with Crippen LogP contribution in [0, 0.1) is 11.8 Å². The van der Waals surface area contributed by atoms with E-state index in [1.807, 2.05) is 0 Å². The van der Waals surface area contributed by atoms with Crippen LogP contribution in [0.5, 0.6) is 0 Å². The second kappa shape index (κ2) is 5.72. The highest BCUT2D eigenvalue weighted by Crippen LogP contribution is 2.35. The third-order valence-electron chi connectivity index (χ3n) is 4.16. The van der Waals surface area contributed by atoms with Gasteiger partial charge in [-0.1, -0.05) is 32.6 Å². The van der Waals surface area contributed by atoms with Gasteiger partial charge in [-0.2, -0.15) is 0 Å². The minimum absolute atomic E-state index is 0.171. The molecular weight excluding hydrogens is 198 g/mol. The lowest BCUT2D eigenvalue weighted by Crippen LogP contribution is -2.35. The molecular formula is C14H25NO. The Morgan fingerprint density at radius 1 is 1.38 bits per heavy atom. The lowest BCUT2D eigenvalue weighted by Gasteiger charge is -2.32. The van der Waals surface area contributed by atoms with Crippen LogP contribution in [0.15, 0.2) is 11.8 Å². The molecule has 2 rings (SSSR count). The van der Waals surface area contributed by atoms with Crippen LogP contribution in [-0.2, 0) is 4.74 Å². The number of ether oxygens (including phenoxy) is 1. The molecule has 1 aliphatic heterocycles. The van der Waals surface area contributed by atoms with Crippen molar-refractivity contribution in [3.05, 3.63) is 11.8 Å². The van der Waals surface area contributed by atoms with Gasteiger partial charge in [0.25, 0.3) is 0 Å². The molecule has 2 N–H and O–H groups in total. The largest absolute Gasteiger partial charge is 0.496 e. The molecule has 1 fully saturated rings. The summed E-state index contributed by atoms with van der Waals surface area (Å²) >= 11 is 0. The number of hydrogen-bond donors (Lipinski definition) is 1. The standard InChI is InChI=1S/C14H25NO/c1-2-4-11-6-8-12(9-7-11)14(15)13-5-3-10-16-13/h5,11-12,14H,2-4,6-10,15H2,1H3. The van der Waals surface area contributed by atoms with Crippen molar-refractivity contribution in [2.75, 3.05) is 6.61 Å². The van der Waals surface area contributed by atoms with Gasteiger partial charge in [-0.3, -0.25) is 0 Å². The molecule has 1 aliphatic carbocycles. The van der Waals surface area contributed by atoms with Crippen LogP contribution >= 0.6 is 0 Å². The van der Waals surface area contributed by atoms with Crippen LogP contribution in [0.1, 0.15) is 51.9 Å². The molecule has 0 aromatic heterocycles. The van der Waals surface area contributed by atoms with E-state index in [1.54, 1.807) is 0 Å². The molecule has 0 bridgehead atoms. The molecule has 0 amide bonds. The Bertz CT molecular complexity index is 241. The first-order valence-corrected chi connectivity index (χ1v) is 6.89. The minimum Gasteiger partial charge on any atom is -0.496 e. The second-order valence-electron chi connectivity index (χ2n) is 5.34. The van der Waals surface area contributed by atoms with Crippen LogP contribution in [0.4, 0.5) is 0 Å². The number of rotatable bonds is 4. The maximum atomic E-state index is 6.28. The summed E-state index contributed by atoms with van der Waals surface area (Å²) in [7, 11) is 0. The van der Waals surface area contributed by atoms with E-state index in [9.17, 15) is 0 Å². The predicted molar refractivity (Wildman–Crippen MR) is 67.0 cm³/mol. The third kappa shape index (κ3) is 2.79. The van der Waals surface area contributed by atoms with Gasteiger partial charge >= 0.3 is 0 Å². The quantitative estimate of drug-likeness (QED) is 0.794. The molecule has 0 spiro atoms. The van der Waals surface area contributed by atoms with Crippen molar-refractivity contribution >= 4 is 0 Å². The average molecular weight is 223 g/mol. The average Bonchev–Trinajstić information content (AvgIpc) is 2.83. The topological polar surface area (TPSA) is 35.2 Å². The Labute approximate surface area is 99.2 Å². The van der Waals surface area contributed by atoms with Gasteiger partial charge < -0.3 is 10.5 Å². The van der Waals surface area contributed by atoms with E-state index < -0.39 is 0 Å². The highest BCUT2D eigenvalue weighted by atomic mass is 16.5. The van der Waals surface area contributed by atoms with Crippen LogP contribution in [-0.4, -0.2) is 12.6 Å². The van der Waals surface area contributed by atoms with Gasteiger partial charge in [0.15, 0.2) is 0 Å². The second-order valence-corrected chi connectivity index (χ2v) is 5.34. The SMILES string of the molecule is CCCC1CCC(C(N)C2=CCCO2)CC1. The van der Waals surface area contributed by atoms with Crippen LogP contribution in [0.3, 0.4) is 0 Å². The van der Waals surface area contributed by atoms with Crippen molar-refractivity contribution in [2.24, 2.45) is 17.6 Å². The van der Waals surface area contributed by atoms with Crippen LogP contribution in [0.25, 0.3) is 0 Å². The summed E-state index contributed by atoms with van der Waals surface area (Å²) < 4.78 is 5.58. The maximum Gasteiger partial charge on any atom is 0.109 e. The molecule has 0 radical (unpaired) electrons. The van der Waals surface area contributed by atoms with Gasteiger partial charge in [-0.15, -0.1) is 0 Å². The van der Waals surface area contributed by atoms with Gasteiger partial charge in [-0.05, 0) is 30.8 Å². The van der Waals surface area contributed by atoms with Gasteiger partial charge in [-0.25, -0.2) is 0 Å². The van der Waals surface area contributed by atoms with Crippen LogP contribution < -0.4 is 5.73 Å². The molecule has 0 aromatic carbocycles. The summed E-state index contributed by atoms with van der Waals surface area (Å²) in [6, 6.07) is 0.171. The van der Waals surface area contributed by atoms with E-state index >= 15 is 0 Å². The van der Waals surface area contributed by atoms with Crippen molar-refractivity contribution < 1.29 is 4.74 Å². The molecule has 1 saturated carbocycles. The zero-order valence-electron chi connectivity index (χ0n) is 10.5. The Balaban J connectivity index is 1.79. The van der Waals surface area contributed by atoms with Crippen molar-refractivity contribution in [3.8, 4) is 0 Å². The summed E-state index contributed by atoms with van der Waals surface area (Å²) in [5.41, 5.74) is 6.28. The normalized spacial score (nSPS) is 32.0. The first-order chi connectivity index (χ1) is 7.81. The molecule has 0 aromatic rings. The summed E-state index contributed by atoms with van der Waals surface area (Å²) in [5.74, 6) is 2.70. The van der Waals surface area contributed by atoms with E-state index in [0.29, 0.717) is 5.92 Å². The summed E-state index contributed by atoms with van der Waals surface area (Å²) in [6.07, 6.45) is 11.3. The maximum absolute atomic E-state index is 6.28. The molecule has 0 saturated heterocycles. The Morgan fingerprint density at radius 3 is 2.69 bits per heavy atom. The summed E-state index contributed by atoms with van der Waals surface area (Å²) in [4.78, 5) is 0. The van der Waals surface area contributed by atoms with Crippen molar-refractivity contribution in [2.45, 2.75) is 57.9 Å². The van der Waals surface area contributed by atoms with Gasteiger partial charge in [0, 0.05) is 6.42 Å². The monoisotopic (exact) mass is 223 g/mol. The summed E-state index contributed by atoms with van der Waals surface area (Å²) in [5, 5.41) is 0. The lowest BCUT2D eigenvalue weighted by molar-refractivity contribution is 0.177. The Hall–Kier alpha value is -0.500. The fourth-order valence-corrected chi connectivity index (χ4v) is 3.15. The number of hydrogen-bond acceptors (Lipinski definition) is 2. The van der Waals surface area contributed by atoms with E-state index in [4.69, 9.17) is 10.5 Å². The molecule has 16 heavy (non-hydrogen) atoms. The van der Waals surface area contributed by atoms with E-state index in [0.717, 1.165) is 24.7 Å². The highest BCUT2D eigenvalue weighted by Gasteiger charge is 2.28. The van der Waals surface area contributed by atoms with Gasteiger partial charge in [0.05, 0.1) is 12.6 Å². The predicted octanol–water partition coefficient (Wildman–Crippen LogP) is 3.22. The molecule has 1 heterocycles. The highest BCUT2D eigenvalue weighted by molar-refractivity contribution is 5.08. The molecule has 92 valence electrons.